The highest BCUT2D eigenvalue weighted by molar-refractivity contribution is 9.10. The van der Waals surface area contributed by atoms with Crippen LogP contribution in [-0.4, -0.2) is 38.4 Å². The molecule has 2 aromatic carbocycles. The Hall–Kier alpha value is -2.38. The van der Waals surface area contributed by atoms with Crippen molar-refractivity contribution < 1.29 is 28.5 Å². The number of carbonyl (C=O) groups excluding carboxylic acids is 2. The van der Waals surface area contributed by atoms with Crippen molar-refractivity contribution in [1.82, 2.24) is 0 Å². The Balaban J connectivity index is 1.91. The molecule has 0 aromatic heterocycles. The average Bonchev–Trinajstić information content (AvgIpc) is 2.73. The van der Waals surface area contributed by atoms with Crippen LogP contribution in [0.5, 0.6) is 11.5 Å². The van der Waals surface area contributed by atoms with E-state index in [1.54, 1.807) is 42.5 Å². The highest BCUT2D eigenvalue weighted by atomic mass is 79.9. The molecular weight excluding hydrogens is 440 g/mol. The zero-order valence-electron chi connectivity index (χ0n) is 16.6. The quantitative estimate of drug-likeness (QED) is 0.263. The number of ether oxygens (including phenoxy) is 4. The molecule has 0 heterocycles. The maximum atomic E-state index is 12.4. The number of hydrogen-bond acceptors (Lipinski definition) is 6. The van der Waals surface area contributed by atoms with E-state index in [4.69, 9.17) is 18.9 Å². The molecule has 2 aromatic rings. The van der Waals surface area contributed by atoms with Crippen LogP contribution in [0.3, 0.4) is 0 Å². The van der Waals surface area contributed by atoms with Crippen LogP contribution >= 0.6 is 15.9 Å². The van der Waals surface area contributed by atoms with E-state index in [0.717, 1.165) is 12.8 Å². The van der Waals surface area contributed by atoms with Crippen molar-refractivity contribution >= 4 is 27.9 Å². The van der Waals surface area contributed by atoms with Gasteiger partial charge in [-0.05, 0) is 71.7 Å². The first-order chi connectivity index (χ1) is 14.0. The topological polar surface area (TPSA) is 71.1 Å². The van der Waals surface area contributed by atoms with E-state index in [9.17, 15) is 9.59 Å². The summed E-state index contributed by atoms with van der Waals surface area (Å²) in [5.41, 5.74) is 0.761. The number of carbonyl (C=O) groups is 2. The van der Waals surface area contributed by atoms with Crippen molar-refractivity contribution in [3.8, 4) is 11.5 Å². The minimum atomic E-state index is -0.502. The number of unbranched alkanes of at least 4 members (excludes halogenated alkanes) is 1. The Morgan fingerprint density at radius 1 is 0.897 bits per heavy atom. The molecule has 0 saturated heterocycles. The predicted molar refractivity (Wildman–Crippen MR) is 113 cm³/mol. The fourth-order valence-electron chi connectivity index (χ4n) is 2.32. The Kier molecular flexibility index (Phi) is 9.67. The molecule has 29 heavy (non-hydrogen) atoms. The van der Waals surface area contributed by atoms with E-state index in [1.807, 2.05) is 6.92 Å². The summed E-state index contributed by atoms with van der Waals surface area (Å²) < 4.78 is 21.9. The number of halogens is 1. The maximum absolute atomic E-state index is 12.4. The smallest absolute Gasteiger partial charge is 0.343 e. The van der Waals surface area contributed by atoms with Gasteiger partial charge >= 0.3 is 11.9 Å². The summed E-state index contributed by atoms with van der Waals surface area (Å²) in [5, 5.41) is 0. The molecule has 0 bridgehead atoms. The van der Waals surface area contributed by atoms with Crippen molar-refractivity contribution in [2.75, 3.05) is 26.4 Å². The van der Waals surface area contributed by atoms with Crippen LogP contribution in [0.1, 0.15) is 47.4 Å². The number of esters is 2. The molecule has 0 spiro atoms. The number of hydrogen-bond donors (Lipinski definition) is 0. The normalized spacial score (nSPS) is 10.4. The first-order valence-corrected chi connectivity index (χ1v) is 10.3. The van der Waals surface area contributed by atoms with Crippen LogP contribution in [0.2, 0.25) is 0 Å². The Morgan fingerprint density at radius 2 is 1.62 bits per heavy atom. The zero-order chi connectivity index (χ0) is 21.1. The molecule has 0 N–H and O–H groups in total. The SMILES string of the molecule is CCCCOc1ccc(C(=O)Oc2ccc(C(=O)OCCOCC)cc2)cc1Br. The van der Waals surface area contributed by atoms with Crippen LogP contribution in [-0.2, 0) is 9.47 Å². The summed E-state index contributed by atoms with van der Waals surface area (Å²) in [4.78, 5) is 24.3. The van der Waals surface area contributed by atoms with Gasteiger partial charge in [-0.1, -0.05) is 13.3 Å². The monoisotopic (exact) mass is 464 g/mol. The second-order valence-electron chi connectivity index (χ2n) is 6.09. The first-order valence-electron chi connectivity index (χ1n) is 9.54. The van der Waals surface area contributed by atoms with Gasteiger partial charge in [-0.3, -0.25) is 0 Å². The molecular formula is C22H25BrO6. The highest BCUT2D eigenvalue weighted by Gasteiger charge is 2.13. The van der Waals surface area contributed by atoms with Gasteiger partial charge in [0.2, 0.25) is 0 Å². The fourth-order valence-corrected chi connectivity index (χ4v) is 2.81. The summed E-state index contributed by atoms with van der Waals surface area (Å²) in [6, 6.07) is 11.2. The average molecular weight is 465 g/mol. The van der Waals surface area contributed by atoms with E-state index >= 15 is 0 Å². The van der Waals surface area contributed by atoms with Crippen molar-refractivity contribution in [3.05, 3.63) is 58.1 Å². The van der Waals surface area contributed by atoms with Gasteiger partial charge in [0, 0.05) is 6.61 Å². The Morgan fingerprint density at radius 3 is 2.28 bits per heavy atom. The lowest BCUT2D eigenvalue weighted by atomic mass is 10.2. The second-order valence-corrected chi connectivity index (χ2v) is 6.95. The van der Waals surface area contributed by atoms with Crippen LogP contribution in [0, 0.1) is 0 Å². The van der Waals surface area contributed by atoms with E-state index < -0.39 is 11.9 Å². The molecule has 0 fully saturated rings. The molecule has 0 saturated carbocycles. The summed E-state index contributed by atoms with van der Waals surface area (Å²) >= 11 is 3.42. The van der Waals surface area contributed by atoms with Crippen LogP contribution in [0.25, 0.3) is 0 Å². The van der Waals surface area contributed by atoms with Gasteiger partial charge in [-0.15, -0.1) is 0 Å². The summed E-state index contributed by atoms with van der Waals surface area (Å²) in [6.45, 7) is 5.71. The molecule has 0 radical (unpaired) electrons. The van der Waals surface area contributed by atoms with Gasteiger partial charge in [0.1, 0.15) is 18.1 Å². The van der Waals surface area contributed by atoms with Crippen molar-refractivity contribution in [3.63, 3.8) is 0 Å². The molecule has 0 atom stereocenters. The van der Waals surface area contributed by atoms with Gasteiger partial charge in [0.05, 0.1) is 28.8 Å². The highest BCUT2D eigenvalue weighted by Crippen LogP contribution is 2.27. The molecule has 0 aliphatic rings. The summed E-state index contributed by atoms with van der Waals surface area (Å²) in [7, 11) is 0. The maximum Gasteiger partial charge on any atom is 0.343 e. The lowest BCUT2D eigenvalue weighted by Crippen LogP contribution is -2.11. The number of rotatable bonds is 11. The standard InChI is InChI=1S/C22H25BrO6/c1-3-5-12-27-20-11-8-17(15-19(20)23)22(25)29-18-9-6-16(7-10-18)21(24)28-14-13-26-4-2/h6-11,15H,3-5,12-14H2,1-2H3. The molecule has 2 rings (SSSR count). The minimum absolute atomic E-state index is 0.191. The van der Waals surface area contributed by atoms with Gasteiger partial charge in [0.15, 0.2) is 0 Å². The molecule has 156 valence electrons. The molecule has 0 aliphatic carbocycles. The Bertz CT molecular complexity index is 803. The lowest BCUT2D eigenvalue weighted by molar-refractivity contribution is 0.0335. The minimum Gasteiger partial charge on any atom is -0.492 e. The van der Waals surface area contributed by atoms with E-state index in [0.29, 0.717) is 46.9 Å². The third-order valence-electron chi connectivity index (χ3n) is 3.89. The van der Waals surface area contributed by atoms with Gasteiger partial charge in [0.25, 0.3) is 0 Å². The summed E-state index contributed by atoms with van der Waals surface area (Å²) in [5.74, 6) is 0.0606. The van der Waals surface area contributed by atoms with E-state index in [1.165, 1.54) is 0 Å². The predicted octanol–water partition coefficient (Wildman–Crippen LogP) is 5.04. The fraction of sp³-hybridized carbons (Fsp3) is 0.364. The second kappa shape index (κ2) is 12.2. The van der Waals surface area contributed by atoms with Gasteiger partial charge in [-0.2, -0.15) is 0 Å². The largest absolute Gasteiger partial charge is 0.492 e. The lowest BCUT2D eigenvalue weighted by Gasteiger charge is -2.10. The van der Waals surface area contributed by atoms with Crippen LogP contribution in [0.4, 0.5) is 0 Å². The molecule has 6 nitrogen and oxygen atoms in total. The van der Waals surface area contributed by atoms with Gasteiger partial charge in [-0.25, -0.2) is 9.59 Å². The third-order valence-corrected chi connectivity index (χ3v) is 4.51. The van der Waals surface area contributed by atoms with Crippen LogP contribution in [0.15, 0.2) is 46.9 Å². The molecule has 0 amide bonds. The van der Waals surface area contributed by atoms with Crippen molar-refractivity contribution in [2.45, 2.75) is 26.7 Å². The zero-order valence-corrected chi connectivity index (χ0v) is 18.2. The van der Waals surface area contributed by atoms with Crippen molar-refractivity contribution in [2.24, 2.45) is 0 Å². The molecule has 0 unspecified atom stereocenters. The molecule has 0 aliphatic heterocycles. The third kappa shape index (κ3) is 7.51. The Labute approximate surface area is 179 Å². The first kappa shape index (κ1) is 22.9. The van der Waals surface area contributed by atoms with Crippen molar-refractivity contribution in [1.29, 1.82) is 0 Å². The summed E-state index contributed by atoms with van der Waals surface area (Å²) in [6.07, 6.45) is 2.01. The van der Waals surface area contributed by atoms with Gasteiger partial charge < -0.3 is 18.9 Å². The van der Waals surface area contributed by atoms with Crippen LogP contribution < -0.4 is 9.47 Å². The van der Waals surface area contributed by atoms with E-state index in [2.05, 4.69) is 22.9 Å². The van der Waals surface area contributed by atoms with E-state index in [-0.39, 0.29) is 6.61 Å². The molecule has 7 heteroatoms. The number of benzene rings is 2.